The summed E-state index contributed by atoms with van der Waals surface area (Å²) in [6, 6.07) is 12.1. The Morgan fingerprint density at radius 2 is 2.08 bits per heavy atom. The van der Waals surface area contributed by atoms with Gasteiger partial charge in [0.15, 0.2) is 5.69 Å². The number of benzene rings is 1. The average Bonchev–Trinajstić information content (AvgIpc) is 3.26. The van der Waals surface area contributed by atoms with E-state index in [1.807, 2.05) is 35.0 Å². The smallest absolute Gasteiger partial charge is 0.274 e. The lowest BCUT2D eigenvalue weighted by Crippen LogP contribution is -2.32. The van der Waals surface area contributed by atoms with Crippen molar-refractivity contribution in [2.45, 2.75) is 12.8 Å². The van der Waals surface area contributed by atoms with E-state index < -0.39 is 0 Å². The minimum atomic E-state index is -0.0601. The fourth-order valence-electron chi connectivity index (χ4n) is 3.35. The zero-order valence-electron chi connectivity index (χ0n) is 14.1. The second kappa shape index (κ2) is 6.46. The van der Waals surface area contributed by atoms with Crippen molar-refractivity contribution in [3.63, 3.8) is 0 Å². The number of hydrogen-bond donors (Lipinski definition) is 1. The maximum Gasteiger partial charge on any atom is 0.274 e. The highest BCUT2D eigenvalue weighted by Gasteiger charge is 2.30. The number of nitrogens with zero attached hydrogens (tertiary/aromatic N) is 3. The summed E-state index contributed by atoms with van der Waals surface area (Å²) in [4.78, 5) is 15.9. The summed E-state index contributed by atoms with van der Waals surface area (Å²) in [7, 11) is 1.78. The molecule has 2 heterocycles. The van der Waals surface area contributed by atoms with Crippen molar-refractivity contribution >= 4 is 17.2 Å². The molecule has 5 nitrogen and oxygen atoms in total. The van der Waals surface area contributed by atoms with E-state index in [2.05, 4.69) is 11.4 Å². The first-order chi connectivity index (χ1) is 12.2. The lowest BCUT2D eigenvalue weighted by molar-refractivity contribution is 0.0791. The van der Waals surface area contributed by atoms with Crippen LogP contribution in [0.2, 0.25) is 0 Å². The quantitative estimate of drug-likeness (QED) is 0.785. The van der Waals surface area contributed by atoms with E-state index in [9.17, 15) is 4.79 Å². The number of likely N-dealkylation sites (N-methyl/N-ethyl adjacent to an activating group) is 1. The van der Waals surface area contributed by atoms with Gasteiger partial charge in [-0.3, -0.25) is 4.79 Å². The molecular formula is C19H20N4OS. The Hall–Kier alpha value is -2.44. The van der Waals surface area contributed by atoms with Gasteiger partial charge in [0.05, 0.1) is 11.4 Å². The third-order valence-electron chi connectivity index (χ3n) is 4.60. The molecule has 0 atom stereocenters. The zero-order chi connectivity index (χ0) is 17.4. The van der Waals surface area contributed by atoms with Crippen LogP contribution in [0.4, 0.5) is 0 Å². The third kappa shape index (κ3) is 2.67. The highest BCUT2D eigenvalue weighted by Crippen LogP contribution is 2.39. The molecule has 4 rings (SSSR count). The molecule has 1 aromatic carbocycles. The fourth-order valence-corrected chi connectivity index (χ4v) is 4.23. The second-order valence-corrected chi connectivity index (χ2v) is 7.20. The Balaban J connectivity index is 1.90. The molecule has 1 amide bonds. The van der Waals surface area contributed by atoms with Crippen LogP contribution in [0.15, 0.2) is 41.8 Å². The number of hydrogen-bond acceptors (Lipinski definition) is 4. The van der Waals surface area contributed by atoms with Gasteiger partial charge in [0.2, 0.25) is 0 Å². The number of carbonyl (C=O) groups is 1. The molecule has 2 N–H and O–H groups in total. The van der Waals surface area contributed by atoms with Crippen molar-refractivity contribution in [3.05, 3.63) is 57.9 Å². The van der Waals surface area contributed by atoms with Crippen molar-refractivity contribution in [2.75, 3.05) is 20.1 Å². The monoisotopic (exact) mass is 352 g/mol. The van der Waals surface area contributed by atoms with Crippen LogP contribution in [-0.4, -0.2) is 40.7 Å². The highest BCUT2D eigenvalue weighted by molar-refractivity contribution is 7.10. The van der Waals surface area contributed by atoms with Gasteiger partial charge in [-0.2, -0.15) is 5.10 Å². The Morgan fingerprint density at radius 1 is 1.28 bits per heavy atom. The lowest BCUT2D eigenvalue weighted by Gasteiger charge is -2.17. The Kier molecular flexibility index (Phi) is 4.15. The molecule has 1 aliphatic carbocycles. The van der Waals surface area contributed by atoms with Crippen LogP contribution < -0.4 is 5.73 Å². The van der Waals surface area contributed by atoms with Crippen molar-refractivity contribution in [2.24, 2.45) is 5.73 Å². The van der Waals surface area contributed by atoms with Gasteiger partial charge in [-0.15, -0.1) is 11.3 Å². The third-order valence-corrected chi connectivity index (χ3v) is 5.58. The van der Waals surface area contributed by atoms with Gasteiger partial charge in [0, 0.05) is 36.1 Å². The summed E-state index contributed by atoms with van der Waals surface area (Å²) in [5, 5.41) is 6.85. The van der Waals surface area contributed by atoms with E-state index in [-0.39, 0.29) is 5.91 Å². The first kappa shape index (κ1) is 16.1. The Morgan fingerprint density at radius 3 is 2.84 bits per heavy atom. The minimum Gasteiger partial charge on any atom is -0.339 e. The number of aromatic nitrogens is 2. The molecule has 0 bridgehead atoms. The van der Waals surface area contributed by atoms with Crippen molar-refractivity contribution in [1.82, 2.24) is 14.7 Å². The number of fused-ring (bicyclic) bond motifs is 3. The van der Waals surface area contributed by atoms with Crippen LogP contribution in [0.1, 0.15) is 20.9 Å². The highest BCUT2D eigenvalue weighted by atomic mass is 32.1. The molecule has 0 unspecified atom stereocenters. The van der Waals surface area contributed by atoms with Gasteiger partial charge in [-0.05, 0) is 36.4 Å². The Bertz CT molecular complexity index is 913. The molecule has 0 radical (unpaired) electrons. The van der Waals surface area contributed by atoms with Crippen LogP contribution >= 0.6 is 11.3 Å². The van der Waals surface area contributed by atoms with Gasteiger partial charge in [-0.25, -0.2) is 4.68 Å². The van der Waals surface area contributed by atoms with Crippen LogP contribution in [0.3, 0.4) is 0 Å². The molecular weight excluding hydrogens is 332 g/mol. The number of rotatable bonds is 4. The fraction of sp³-hybridized carbons (Fsp3) is 0.263. The van der Waals surface area contributed by atoms with E-state index >= 15 is 0 Å². The molecule has 0 saturated carbocycles. The van der Waals surface area contributed by atoms with E-state index in [0.29, 0.717) is 18.8 Å². The summed E-state index contributed by atoms with van der Waals surface area (Å²) >= 11 is 1.77. The molecule has 0 spiro atoms. The maximum atomic E-state index is 12.9. The molecule has 128 valence electrons. The lowest BCUT2D eigenvalue weighted by atomic mass is 9.94. The summed E-state index contributed by atoms with van der Waals surface area (Å²) in [5.41, 5.74) is 10.4. The summed E-state index contributed by atoms with van der Waals surface area (Å²) < 4.78 is 1.92. The van der Waals surface area contributed by atoms with Crippen molar-refractivity contribution in [3.8, 4) is 16.9 Å². The van der Waals surface area contributed by atoms with E-state index in [1.54, 1.807) is 23.3 Å². The molecule has 1 aliphatic rings. The number of thiophene rings is 1. The van der Waals surface area contributed by atoms with Gasteiger partial charge in [0.25, 0.3) is 5.91 Å². The minimum absolute atomic E-state index is 0.0601. The first-order valence-corrected chi connectivity index (χ1v) is 9.28. The SMILES string of the molecule is CN(CCN)C(=O)c1nn(-c2ccccc2)c2c1CCc1sccc1-2. The van der Waals surface area contributed by atoms with E-state index in [4.69, 9.17) is 10.8 Å². The van der Waals surface area contributed by atoms with Crippen LogP contribution in [-0.2, 0) is 12.8 Å². The molecule has 6 heteroatoms. The largest absolute Gasteiger partial charge is 0.339 e. The molecule has 0 fully saturated rings. The maximum absolute atomic E-state index is 12.9. The number of para-hydroxylation sites is 1. The van der Waals surface area contributed by atoms with Gasteiger partial charge >= 0.3 is 0 Å². The van der Waals surface area contributed by atoms with E-state index in [0.717, 1.165) is 29.8 Å². The van der Waals surface area contributed by atoms with Gasteiger partial charge < -0.3 is 10.6 Å². The normalized spacial score (nSPS) is 12.6. The summed E-state index contributed by atoms with van der Waals surface area (Å²) in [5.74, 6) is -0.0601. The second-order valence-electron chi connectivity index (χ2n) is 6.20. The number of amides is 1. The number of carbonyl (C=O) groups excluding carboxylic acids is 1. The molecule has 0 saturated heterocycles. The standard InChI is InChI=1S/C19H20N4OS/c1-22(11-10-20)19(24)17-15-7-8-16-14(9-12-25-16)18(15)23(21-17)13-5-3-2-4-6-13/h2-6,9,12H,7-8,10-11,20H2,1H3. The van der Waals surface area contributed by atoms with Crippen LogP contribution in [0.5, 0.6) is 0 Å². The predicted molar refractivity (Wildman–Crippen MR) is 100 cm³/mol. The topological polar surface area (TPSA) is 64.2 Å². The predicted octanol–water partition coefficient (Wildman–Crippen LogP) is 2.73. The summed E-state index contributed by atoms with van der Waals surface area (Å²) in [6.45, 7) is 0.966. The van der Waals surface area contributed by atoms with E-state index in [1.165, 1.54) is 10.4 Å². The average molecular weight is 352 g/mol. The zero-order valence-corrected chi connectivity index (χ0v) is 14.9. The molecule has 2 aromatic heterocycles. The van der Waals surface area contributed by atoms with Crippen LogP contribution in [0, 0.1) is 0 Å². The molecule has 0 aliphatic heterocycles. The van der Waals surface area contributed by atoms with Crippen LogP contribution in [0.25, 0.3) is 16.9 Å². The first-order valence-electron chi connectivity index (χ1n) is 8.40. The Labute approximate surface area is 150 Å². The molecule has 3 aromatic rings. The van der Waals surface area contributed by atoms with Crippen molar-refractivity contribution < 1.29 is 4.79 Å². The number of nitrogens with two attached hydrogens (primary N) is 1. The molecule has 25 heavy (non-hydrogen) atoms. The number of aryl methyl sites for hydroxylation is 1. The van der Waals surface area contributed by atoms with Crippen molar-refractivity contribution in [1.29, 1.82) is 0 Å². The van der Waals surface area contributed by atoms with Gasteiger partial charge in [0.1, 0.15) is 0 Å². The van der Waals surface area contributed by atoms with Gasteiger partial charge in [-0.1, -0.05) is 18.2 Å². The summed E-state index contributed by atoms with van der Waals surface area (Å²) in [6.07, 6.45) is 1.80.